The maximum atomic E-state index is 14.1. The summed E-state index contributed by atoms with van der Waals surface area (Å²) in [6, 6.07) is 5.34. The zero-order valence-electron chi connectivity index (χ0n) is 13.9. The molecule has 0 aliphatic carbocycles. The van der Waals surface area contributed by atoms with Crippen molar-refractivity contribution in [3.63, 3.8) is 0 Å². The molecule has 0 bridgehead atoms. The molecule has 2 amide bonds. The zero-order chi connectivity index (χ0) is 20.8. The fraction of sp³-hybridized carbons (Fsp3) is 0.222. The van der Waals surface area contributed by atoms with Crippen LogP contribution in [0.4, 0.5) is 32.0 Å². The van der Waals surface area contributed by atoms with E-state index >= 15 is 0 Å². The van der Waals surface area contributed by atoms with Gasteiger partial charge in [0.15, 0.2) is 17.5 Å². The molecule has 10 heteroatoms. The van der Waals surface area contributed by atoms with Crippen molar-refractivity contribution in [3.05, 3.63) is 65.0 Å². The smallest absolute Gasteiger partial charge is 0.369 e. The van der Waals surface area contributed by atoms with E-state index in [4.69, 9.17) is 5.73 Å². The first-order chi connectivity index (χ1) is 13.0. The Morgan fingerprint density at radius 1 is 1.07 bits per heavy atom. The Bertz CT molecular complexity index is 960. The average Bonchev–Trinajstić information content (AvgIpc) is 2.97. The molecule has 28 heavy (non-hydrogen) atoms. The fourth-order valence-corrected chi connectivity index (χ4v) is 3.24. The topological polar surface area (TPSA) is 63.4 Å². The number of hydrogen-bond donors (Lipinski definition) is 1. The predicted octanol–water partition coefficient (Wildman–Crippen LogP) is 3.35. The Morgan fingerprint density at radius 3 is 2.36 bits per heavy atom. The van der Waals surface area contributed by atoms with Gasteiger partial charge in [0.2, 0.25) is 11.8 Å². The summed E-state index contributed by atoms with van der Waals surface area (Å²) >= 11 is 0. The minimum Gasteiger partial charge on any atom is -0.369 e. The summed E-state index contributed by atoms with van der Waals surface area (Å²) in [6.07, 6.45) is -4.66. The van der Waals surface area contributed by atoms with Crippen LogP contribution in [0.25, 0.3) is 0 Å². The van der Waals surface area contributed by atoms with Gasteiger partial charge in [-0.15, -0.1) is 0 Å². The van der Waals surface area contributed by atoms with E-state index in [1.807, 2.05) is 0 Å². The largest absolute Gasteiger partial charge is 0.416 e. The number of nitrogens with zero attached hydrogens (tertiary/aromatic N) is 1. The normalized spacial score (nSPS) is 19.9. The van der Waals surface area contributed by atoms with Crippen LogP contribution in [0.3, 0.4) is 0 Å². The highest BCUT2D eigenvalue weighted by molar-refractivity contribution is 6.10. The van der Waals surface area contributed by atoms with Crippen molar-refractivity contribution >= 4 is 17.5 Å². The van der Waals surface area contributed by atoms with Crippen molar-refractivity contribution in [2.75, 3.05) is 11.4 Å². The standard InChI is InChI=1S/C18H12F6N2O2/c19-11-4-5-12(15(21)14(11)20)26-7-10(13(16(25)27)17(26)28)8-2-1-3-9(6-8)18(22,23)24/h1-6,10,13H,7H2,(H2,25,27). The van der Waals surface area contributed by atoms with Crippen LogP contribution in [0.15, 0.2) is 36.4 Å². The van der Waals surface area contributed by atoms with Gasteiger partial charge in [-0.3, -0.25) is 9.59 Å². The fourth-order valence-electron chi connectivity index (χ4n) is 3.24. The molecule has 0 aromatic heterocycles. The number of alkyl halides is 3. The number of hydrogen-bond acceptors (Lipinski definition) is 2. The van der Waals surface area contributed by atoms with Crippen LogP contribution in [0.1, 0.15) is 17.0 Å². The van der Waals surface area contributed by atoms with Crippen LogP contribution in [0.2, 0.25) is 0 Å². The molecule has 2 atom stereocenters. The highest BCUT2D eigenvalue weighted by Crippen LogP contribution is 2.39. The SMILES string of the molecule is NC(=O)C1C(=O)N(c2ccc(F)c(F)c2F)CC1c1cccc(C(F)(F)F)c1. The van der Waals surface area contributed by atoms with Crippen LogP contribution in [0.5, 0.6) is 0 Å². The quantitative estimate of drug-likeness (QED) is 0.486. The molecule has 0 spiro atoms. The third-order valence-electron chi connectivity index (χ3n) is 4.57. The molecule has 2 aromatic rings. The molecule has 2 N–H and O–H groups in total. The number of nitrogens with two attached hydrogens (primary N) is 1. The summed E-state index contributed by atoms with van der Waals surface area (Å²) in [5, 5.41) is 0. The molecular formula is C18H12F6N2O2. The zero-order valence-corrected chi connectivity index (χ0v) is 13.9. The molecule has 1 aliphatic rings. The van der Waals surface area contributed by atoms with Gasteiger partial charge in [0.05, 0.1) is 11.3 Å². The van der Waals surface area contributed by atoms with E-state index in [9.17, 15) is 35.9 Å². The molecule has 4 nitrogen and oxygen atoms in total. The minimum absolute atomic E-state index is 0.0162. The van der Waals surface area contributed by atoms with Crippen molar-refractivity contribution < 1.29 is 35.9 Å². The lowest BCUT2D eigenvalue weighted by Gasteiger charge is -2.18. The van der Waals surface area contributed by atoms with Gasteiger partial charge in [-0.25, -0.2) is 13.2 Å². The van der Waals surface area contributed by atoms with E-state index in [0.29, 0.717) is 11.0 Å². The van der Waals surface area contributed by atoms with E-state index in [2.05, 4.69) is 0 Å². The summed E-state index contributed by atoms with van der Waals surface area (Å²) in [4.78, 5) is 25.0. The number of primary amides is 1. The Balaban J connectivity index is 2.06. The van der Waals surface area contributed by atoms with E-state index in [-0.39, 0.29) is 5.56 Å². The van der Waals surface area contributed by atoms with Gasteiger partial charge >= 0.3 is 6.18 Å². The lowest BCUT2D eigenvalue weighted by molar-refractivity contribution is -0.137. The van der Waals surface area contributed by atoms with Gasteiger partial charge in [0.1, 0.15) is 5.92 Å². The maximum absolute atomic E-state index is 14.1. The van der Waals surface area contributed by atoms with Gasteiger partial charge in [-0.05, 0) is 23.8 Å². The van der Waals surface area contributed by atoms with Crippen molar-refractivity contribution in [1.82, 2.24) is 0 Å². The number of carbonyl (C=O) groups excluding carboxylic acids is 2. The van der Waals surface area contributed by atoms with Crippen molar-refractivity contribution in [1.29, 1.82) is 0 Å². The maximum Gasteiger partial charge on any atom is 0.416 e. The molecule has 1 heterocycles. The molecule has 0 radical (unpaired) electrons. The van der Waals surface area contributed by atoms with Crippen LogP contribution < -0.4 is 10.6 Å². The number of carbonyl (C=O) groups is 2. The van der Waals surface area contributed by atoms with E-state index in [1.54, 1.807) is 0 Å². The molecular weight excluding hydrogens is 390 g/mol. The van der Waals surface area contributed by atoms with Gasteiger partial charge in [0, 0.05) is 12.5 Å². The van der Waals surface area contributed by atoms with Crippen molar-refractivity contribution in [2.45, 2.75) is 12.1 Å². The van der Waals surface area contributed by atoms with E-state index < -0.39 is 65.1 Å². The Labute approximate surface area is 154 Å². The monoisotopic (exact) mass is 402 g/mol. The van der Waals surface area contributed by atoms with Gasteiger partial charge < -0.3 is 10.6 Å². The van der Waals surface area contributed by atoms with Crippen molar-refractivity contribution in [2.24, 2.45) is 11.7 Å². The molecule has 1 fully saturated rings. The highest BCUT2D eigenvalue weighted by Gasteiger charge is 2.46. The van der Waals surface area contributed by atoms with Crippen LogP contribution in [-0.2, 0) is 15.8 Å². The van der Waals surface area contributed by atoms with Gasteiger partial charge in [-0.2, -0.15) is 13.2 Å². The van der Waals surface area contributed by atoms with Crippen molar-refractivity contribution in [3.8, 4) is 0 Å². The molecule has 0 saturated carbocycles. The Kier molecular flexibility index (Phi) is 4.82. The second-order valence-electron chi connectivity index (χ2n) is 6.25. The minimum atomic E-state index is -4.66. The summed E-state index contributed by atoms with van der Waals surface area (Å²) in [7, 11) is 0. The van der Waals surface area contributed by atoms with Crippen LogP contribution in [0, 0.1) is 23.4 Å². The molecule has 148 valence electrons. The second-order valence-corrected chi connectivity index (χ2v) is 6.25. The number of benzene rings is 2. The molecule has 3 rings (SSSR count). The first-order valence-electron chi connectivity index (χ1n) is 7.93. The second kappa shape index (κ2) is 6.84. The summed E-state index contributed by atoms with van der Waals surface area (Å²) in [5.41, 5.74) is 3.58. The summed E-state index contributed by atoms with van der Waals surface area (Å²) in [5.74, 6) is -9.80. The Morgan fingerprint density at radius 2 is 1.75 bits per heavy atom. The first kappa shape index (κ1) is 19.7. The average molecular weight is 402 g/mol. The Hall–Kier alpha value is -3.04. The molecule has 1 aliphatic heterocycles. The van der Waals surface area contributed by atoms with E-state index in [0.717, 1.165) is 24.3 Å². The van der Waals surface area contributed by atoms with Crippen LogP contribution >= 0.6 is 0 Å². The van der Waals surface area contributed by atoms with E-state index in [1.165, 1.54) is 6.07 Å². The molecule has 2 aromatic carbocycles. The number of rotatable bonds is 3. The third-order valence-corrected chi connectivity index (χ3v) is 4.57. The lowest BCUT2D eigenvalue weighted by atomic mass is 9.87. The molecule has 2 unspecified atom stereocenters. The van der Waals surface area contributed by atoms with Gasteiger partial charge in [0.25, 0.3) is 0 Å². The van der Waals surface area contributed by atoms with Gasteiger partial charge in [-0.1, -0.05) is 18.2 Å². The number of anilines is 1. The first-order valence-corrected chi connectivity index (χ1v) is 7.93. The summed E-state index contributed by atoms with van der Waals surface area (Å²) in [6.45, 7) is -0.435. The third kappa shape index (κ3) is 3.30. The molecule has 1 saturated heterocycles. The number of amides is 2. The summed E-state index contributed by atoms with van der Waals surface area (Å²) < 4.78 is 79.7. The van der Waals surface area contributed by atoms with Crippen LogP contribution in [-0.4, -0.2) is 18.4 Å². The predicted molar refractivity (Wildman–Crippen MR) is 85.5 cm³/mol. The number of halogens is 6. The highest BCUT2D eigenvalue weighted by atomic mass is 19.4. The lowest BCUT2D eigenvalue weighted by Crippen LogP contribution is -2.35.